The molecule has 1 fully saturated rings. The fourth-order valence-electron chi connectivity index (χ4n) is 2.89. The standard InChI is InChI=1S/C15H28N2O3/c1-3-5-13(9-15(19)20)17-14(18)8-11(2)12-6-4-7-16-10-12/h11-13,16H,3-10H2,1-2H3,(H,17,18)(H,19,20). The molecular weight excluding hydrogens is 256 g/mol. The molecule has 0 aromatic rings. The first-order valence-corrected chi connectivity index (χ1v) is 7.74. The van der Waals surface area contributed by atoms with Crippen molar-refractivity contribution < 1.29 is 14.7 Å². The Balaban J connectivity index is 2.37. The number of carbonyl (C=O) groups is 2. The topological polar surface area (TPSA) is 78.4 Å². The van der Waals surface area contributed by atoms with Gasteiger partial charge in [0.2, 0.25) is 5.91 Å². The van der Waals surface area contributed by atoms with Gasteiger partial charge in [-0.25, -0.2) is 0 Å². The normalized spacial score (nSPS) is 22.0. The van der Waals surface area contributed by atoms with E-state index in [1.165, 1.54) is 12.8 Å². The van der Waals surface area contributed by atoms with Crippen LogP contribution >= 0.6 is 0 Å². The maximum Gasteiger partial charge on any atom is 0.305 e. The highest BCUT2D eigenvalue weighted by Gasteiger charge is 2.23. The molecule has 0 radical (unpaired) electrons. The van der Waals surface area contributed by atoms with Crippen molar-refractivity contribution in [2.75, 3.05) is 13.1 Å². The number of amides is 1. The number of hydrogen-bond acceptors (Lipinski definition) is 3. The predicted molar refractivity (Wildman–Crippen MR) is 78.5 cm³/mol. The fraction of sp³-hybridized carbons (Fsp3) is 0.867. The van der Waals surface area contributed by atoms with E-state index in [1.807, 2.05) is 6.92 Å². The minimum absolute atomic E-state index is 0.0113. The van der Waals surface area contributed by atoms with Crippen LogP contribution in [0, 0.1) is 11.8 Å². The molecule has 0 spiro atoms. The monoisotopic (exact) mass is 284 g/mol. The number of hydrogen-bond donors (Lipinski definition) is 3. The van der Waals surface area contributed by atoms with Gasteiger partial charge in [-0.3, -0.25) is 9.59 Å². The van der Waals surface area contributed by atoms with Gasteiger partial charge >= 0.3 is 5.97 Å². The maximum atomic E-state index is 12.0. The summed E-state index contributed by atoms with van der Waals surface area (Å²) in [5.74, 6) is 0.0320. The minimum atomic E-state index is -0.853. The van der Waals surface area contributed by atoms with E-state index in [2.05, 4.69) is 17.6 Å². The summed E-state index contributed by atoms with van der Waals surface area (Å²) in [4.78, 5) is 22.8. The van der Waals surface area contributed by atoms with Crippen LogP contribution in [-0.4, -0.2) is 36.1 Å². The summed E-state index contributed by atoms with van der Waals surface area (Å²) in [5, 5.41) is 15.1. The van der Waals surface area contributed by atoms with Crippen molar-refractivity contribution in [3.05, 3.63) is 0 Å². The summed E-state index contributed by atoms with van der Waals surface area (Å²) < 4.78 is 0. The lowest BCUT2D eigenvalue weighted by Gasteiger charge is -2.28. The van der Waals surface area contributed by atoms with E-state index in [-0.39, 0.29) is 18.4 Å². The third-order valence-electron chi connectivity index (χ3n) is 4.07. The Labute approximate surface area is 121 Å². The molecule has 1 aliphatic rings. The quantitative estimate of drug-likeness (QED) is 0.635. The molecule has 0 aliphatic carbocycles. The van der Waals surface area contributed by atoms with Crippen LogP contribution in [0.2, 0.25) is 0 Å². The lowest BCUT2D eigenvalue weighted by molar-refractivity contribution is -0.137. The van der Waals surface area contributed by atoms with Gasteiger partial charge in [-0.15, -0.1) is 0 Å². The predicted octanol–water partition coefficient (Wildman–Crippen LogP) is 1.77. The molecule has 0 saturated carbocycles. The second-order valence-corrected chi connectivity index (χ2v) is 5.94. The molecule has 3 unspecified atom stereocenters. The van der Waals surface area contributed by atoms with Crippen LogP contribution in [0.3, 0.4) is 0 Å². The number of carboxylic acid groups (broad SMARTS) is 1. The second kappa shape index (κ2) is 8.95. The molecule has 3 atom stereocenters. The summed E-state index contributed by atoms with van der Waals surface area (Å²) in [6.07, 6.45) is 4.45. The van der Waals surface area contributed by atoms with Crippen molar-refractivity contribution in [2.45, 2.75) is 58.4 Å². The van der Waals surface area contributed by atoms with E-state index in [9.17, 15) is 9.59 Å². The first-order valence-electron chi connectivity index (χ1n) is 7.74. The lowest BCUT2D eigenvalue weighted by Crippen LogP contribution is -2.39. The Morgan fingerprint density at radius 1 is 1.40 bits per heavy atom. The molecule has 0 aromatic carbocycles. The Morgan fingerprint density at radius 3 is 2.70 bits per heavy atom. The maximum absolute atomic E-state index is 12.0. The van der Waals surface area contributed by atoms with Crippen molar-refractivity contribution in [1.29, 1.82) is 0 Å². The summed E-state index contributed by atoms with van der Waals surface area (Å²) >= 11 is 0. The third-order valence-corrected chi connectivity index (χ3v) is 4.07. The summed E-state index contributed by atoms with van der Waals surface area (Å²) in [5.41, 5.74) is 0. The van der Waals surface area contributed by atoms with Crippen LogP contribution in [0.4, 0.5) is 0 Å². The van der Waals surface area contributed by atoms with E-state index in [0.717, 1.165) is 25.9 Å². The second-order valence-electron chi connectivity index (χ2n) is 5.94. The first-order chi connectivity index (χ1) is 9.52. The number of carboxylic acids is 1. The Morgan fingerprint density at radius 2 is 2.15 bits per heavy atom. The van der Waals surface area contributed by atoms with Gasteiger partial charge in [-0.1, -0.05) is 20.3 Å². The first kappa shape index (κ1) is 17.0. The number of carbonyl (C=O) groups excluding carboxylic acids is 1. The minimum Gasteiger partial charge on any atom is -0.481 e. The Bertz CT molecular complexity index is 314. The van der Waals surface area contributed by atoms with Crippen LogP contribution in [-0.2, 0) is 9.59 Å². The molecule has 116 valence electrons. The van der Waals surface area contributed by atoms with E-state index >= 15 is 0 Å². The van der Waals surface area contributed by atoms with Gasteiger partial charge in [-0.2, -0.15) is 0 Å². The van der Waals surface area contributed by atoms with Gasteiger partial charge in [0, 0.05) is 12.5 Å². The van der Waals surface area contributed by atoms with Gasteiger partial charge in [0.15, 0.2) is 0 Å². The van der Waals surface area contributed by atoms with Crippen molar-refractivity contribution in [3.63, 3.8) is 0 Å². The van der Waals surface area contributed by atoms with Crippen LogP contribution in [0.15, 0.2) is 0 Å². The number of nitrogens with one attached hydrogen (secondary N) is 2. The van der Waals surface area contributed by atoms with Crippen LogP contribution in [0.5, 0.6) is 0 Å². The fourth-order valence-corrected chi connectivity index (χ4v) is 2.89. The largest absolute Gasteiger partial charge is 0.481 e. The zero-order valence-corrected chi connectivity index (χ0v) is 12.7. The van der Waals surface area contributed by atoms with E-state index in [4.69, 9.17) is 5.11 Å². The summed E-state index contributed by atoms with van der Waals surface area (Å²) in [6, 6.07) is -0.235. The summed E-state index contributed by atoms with van der Waals surface area (Å²) in [6.45, 7) is 6.18. The highest BCUT2D eigenvalue weighted by atomic mass is 16.4. The van der Waals surface area contributed by atoms with Gasteiger partial charge in [0.05, 0.1) is 6.42 Å². The van der Waals surface area contributed by atoms with Gasteiger partial charge < -0.3 is 15.7 Å². The zero-order chi connectivity index (χ0) is 15.0. The smallest absolute Gasteiger partial charge is 0.305 e. The van der Waals surface area contributed by atoms with Gasteiger partial charge in [0.25, 0.3) is 0 Å². The van der Waals surface area contributed by atoms with Gasteiger partial charge in [-0.05, 0) is 44.2 Å². The molecule has 0 bridgehead atoms. The van der Waals surface area contributed by atoms with Gasteiger partial charge in [0.1, 0.15) is 0 Å². The highest BCUT2D eigenvalue weighted by molar-refractivity contribution is 5.77. The van der Waals surface area contributed by atoms with E-state index in [1.54, 1.807) is 0 Å². The molecular formula is C15H28N2O3. The average molecular weight is 284 g/mol. The van der Waals surface area contributed by atoms with Crippen molar-refractivity contribution in [1.82, 2.24) is 10.6 Å². The van der Waals surface area contributed by atoms with Crippen molar-refractivity contribution in [3.8, 4) is 0 Å². The Hall–Kier alpha value is -1.10. The third kappa shape index (κ3) is 6.37. The van der Waals surface area contributed by atoms with Crippen molar-refractivity contribution in [2.24, 2.45) is 11.8 Å². The molecule has 1 saturated heterocycles. The SMILES string of the molecule is CCCC(CC(=O)O)NC(=O)CC(C)C1CCCNC1. The molecule has 5 nitrogen and oxygen atoms in total. The molecule has 1 amide bonds. The number of aliphatic carboxylic acids is 1. The lowest BCUT2D eigenvalue weighted by atomic mass is 9.85. The van der Waals surface area contributed by atoms with E-state index < -0.39 is 5.97 Å². The average Bonchev–Trinajstić information content (AvgIpc) is 2.39. The molecule has 1 heterocycles. The molecule has 1 rings (SSSR count). The molecule has 20 heavy (non-hydrogen) atoms. The van der Waals surface area contributed by atoms with E-state index in [0.29, 0.717) is 18.3 Å². The molecule has 1 aliphatic heterocycles. The van der Waals surface area contributed by atoms with Crippen LogP contribution in [0.25, 0.3) is 0 Å². The number of rotatable bonds is 8. The molecule has 0 aromatic heterocycles. The molecule has 3 N–H and O–H groups in total. The van der Waals surface area contributed by atoms with Crippen LogP contribution < -0.4 is 10.6 Å². The Kier molecular flexibility index (Phi) is 7.59. The summed E-state index contributed by atoms with van der Waals surface area (Å²) in [7, 11) is 0. The number of piperidine rings is 1. The van der Waals surface area contributed by atoms with Crippen LogP contribution in [0.1, 0.15) is 52.4 Å². The molecule has 5 heteroatoms. The zero-order valence-electron chi connectivity index (χ0n) is 12.7. The van der Waals surface area contributed by atoms with Crippen molar-refractivity contribution >= 4 is 11.9 Å². The highest BCUT2D eigenvalue weighted by Crippen LogP contribution is 2.22.